The minimum Gasteiger partial charge on any atom is -0.494 e. The molecule has 0 spiro atoms. The third-order valence-electron chi connectivity index (χ3n) is 3.65. The Hall–Kier alpha value is -1.77. The fourth-order valence-corrected chi connectivity index (χ4v) is 2.24. The van der Waals surface area contributed by atoms with Crippen LogP contribution in [0.4, 0.5) is 0 Å². The van der Waals surface area contributed by atoms with E-state index in [2.05, 4.69) is 0 Å². The van der Waals surface area contributed by atoms with Crippen LogP contribution in [-0.4, -0.2) is 17.7 Å². The van der Waals surface area contributed by atoms with E-state index < -0.39 is 5.97 Å². The van der Waals surface area contributed by atoms with E-state index in [1.54, 1.807) is 6.92 Å². The van der Waals surface area contributed by atoms with E-state index >= 15 is 0 Å². The van der Waals surface area contributed by atoms with Crippen LogP contribution in [0.1, 0.15) is 58.3 Å². The Balaban J connectivity index is 1.86. The Morgan fingerprint density at radius 1 is 1.00 bits per heavy atom. The maximum atomic E-state index is 10.6. The summed E-state index contributed by atoms with van der Waals surface area (Å²) in [7, 11) is 0. The minimum atomic E-state index is -0.808. The van der Waals surface area contributed by atoms with Gasteiger partial charge in [-0.2, -0.15) is 0 Å². The molecule has 0 unspecified atom stereocenters. The highest BCUT2D eigenvalue weighted by atomic mass is 16.5. The molecule has 0 radical (unpaired) electrons. The summed E-state index contributed by atoms with van der Waals surface area (Å²) in [6.45, 7) is 2.45. The van der Waals surface area contributed by atoms with Crippen LogP contribution in [0.2, 0.25) is 0 Å². The van der Waals surface area contributed by atoms with E-state index in [1.165, 1.54) is 32.1 Å². The standard InChI is InChI=1S/C19H28O3/c1-17(19(20)21)13-9-6-4-2-3-5-7-12-16-22-18-14-10-8-11-15-18/h8,10-11,13-15H,2-7,9,12,16H2,1H3,(H,20,21)/b17-13+. The van der Waals surface area contributed by atoms with Gasteiger partial charge >= 0.3 is 5.97 Å². The second kappa shape index (κ2) is 11.8. The lowest BCUT2D eigenvalue weighted by Gasteiger charge is -2.05. The van der Waals surface area contributed by atoms with Crippen molar-refractivity contribution in [1.82, 2.24) is 0 Å². The first-order valence-electron chi connectivity index (χ1n) is 8.28. The quantitative estimate of drug-likeness (QED) is 0.425. The lowest BCUT2D eigenvalue weighted by atomic mass is 10.1. The summed E-state index contributed by atoms with van der Waals surface area (Å²) in [6, 6.07) is 9.94. The molecule has 0 saturated heterocycles. The van der Waals surface area contributed by atoms with Gasteiger partial charge in [0.1, 0.15) is 5.75 Å². The van der Waals surface area contributed by atoms with Gasteiger partial charge in [-0.3, -0.25) is 0 Å². The van der Waals surface area contributed by atoms with Crippen molar-refractivity contribution in [3.63, 3.8) is 0 Å². The molecule has 122 valence electrons. The van der Waals surface area contributed by atoms with Crippen molar-refractivity contribution < 1.29 is 14.6 Å². The summed E-state index contributed by atoms with van der Waals surface area (Å²) in [5, 5.41) is 8.72. The van der Waals surface area contributed by atoms with Gasteiger partial charge in [-0.05, 0) is 38.3 Å². The Kier molecular flexibility index (Phi) is 9.84. The molecule has 3 nitrogen and oxygen atoms in total. The molecule has 0 heterocycles. The molecular formula is C19H28O3. The van der Waals surface area contributed by atoms with E-state index in [-0.39, 0.29) is 0 Å². The van der Waals surface area contributed by atoms with Crippen LogP contribution < -0.4 is 4.74 Å². The zero-order valence-electron chi connectivity index (χ0n) is 13.6. The van der Waals surface area contributed by atoms with Gasteiger partial charge in [0, 0.05) is 5.57 Å². The number of para-hydroxylation sites is 1. The number of allylic oxidation sites excluding steroid dienone is 1. The molecule has 0 saturated carbocycles. The number of rotatable bonds is 12. The molecule has 1 aromatic carbocycles. The minimum absolute atomic E-state index is 0.457. The van der Waals surface area contributed by atoms with Crippen LogP contribution in [0, 0.1) is 0 Å². The number of hydrogen-bond acceptors (Lipinski definition) is 2. The predicted molar refractivity (Wildman–Crippen MR) is 90.3 cm³/mol. The van der Waals surface area contributed by atoms with E-state index in [0.717, 1.165) is 31.6 Å². The average Bonchev–Trinajstić information content (AvgIpc) is 2.53. The molecule has 0 aliphatic carbocycles. The van der Waals surface area contributed by atoms with Crippen LogP contribution in [-0.2, 0) is 4.79 Å². The second-order valence-electron chi connectivity index (χ2n) is 5.62. The lowest BCUT2D eigenvalue weighted by Crippen LogP contribution is -1.96. The van der Waals surface area contributed by atoms with Crippen molar-refractivity contribution in [2.45, 2.75) is 58.3 Å². The number of carbonyl (C=O) groups is 1. The number of carboxylic acid groups (broad SMARTS) is 1. The first kappa shape index (κ1) is 18.3. The van der Waals surface area contributed by atoms with Gasteiger partial charge in [0.2, 0.25) is 0 Å². The molecule has 0 aliphatic rings. The monoisotopic (exact) mass is 304 g/mol. The Labute approximate surface area is 134 Å². The second-order valence-corrected chi connectivity index (χ2v) is 5.62. The largest absolute Gasteiger partial charge is 0.494 e. The number of benzene rings is 1. The van der Waals surface area contributed by atoms with Crippen LogP contribution in [0.3, 0.4) is 0 Å². The Morgan fingerprint density at radius 2 is 1.59 bits per heavy atom. The van der Waals surface area contributed by atoms with Crippen LogP contribution in [0.15, 0.2) is 42.0 Å². The summed E-state index contributed by atoms with van der Waals surface area (Å²) < 4.78 is 5.65. The summed E-state index contributed by atoms with van der Waals surface area (Å²) in [5.41, 5.74) is 0.457. The van der Waals surface area contributed by atoms with Gasteiger partial charge in [-0.15, -0.1) is 0 Å². The summed E-state index contributed by atoms with van der Waals surface area (Å²) in [4.78, 5) is 10.6. The summed E-state index contributed by atoms with van der Waals surface area (Å²) in [5.74, 6) is 0.143. The maximum absolute atomic E-state index is 10.6. The SMILES string of the molecule is C/C(=C\CCCCCCCCCOc1ccccc1)C(=O)O. The molecule has 1 aromatic rings. The van der Waals surface area contributed by atoms with Crippen LogP contribution >= 0.6 is 0 Å². The Morgan fingerprint density at radius 3 is 2.23 bits per heavy atom. The van der Waals surface area contributed by atoms with Gasteiger partial charge in [0.05, 0.1) is 6.61 Å². The average molecular weight is 304 g/mol. The first-order chi connectivity index (χ1) is 10.7. The number of hydrogen-bond donors (Lipinski definition) is 1. The van der Waals surface area contributed by atoms with Crippen molar-refractivity contribution in [3.05, 3.63) is 42.0 Å². The molecule has 0 bridgehead atoms. The molecule has 0 aliphatic heterocycles. The predicted octanol–water partition coefficient (Wildman–Crippen LogP) is 5.22. The van der Waals surface area contributed by atoms with Crippen molar-refractivity contribution in [3.8, 4) is 5.75 Å². The molecule has 22 heavy (non-hydrogen) atoms. The van der Waals surface area contributed by atoms with Crippen molar-refractivity contribution >= 4 is 5.97 Å². The smallest absolute Gasteiger partial charge is 0.330 e. The van der Waals surface area contributed by atoms with Crippen LogP contribution in [0.25, 0.3) is 0 Å². The van der Waals surface area contributed by atoms with Gasteiger partial charge in [-0.25, -0.2) is 4.79 Å². The maximum Gasteiger partial charge on any atom is 0.330 e. The fraction of sp³-hybridized carbons (Fsp3) is 0.526. The summed E-state index contributed by atoms with van der Waals surface area (Å²) in [6.07, 6.45) is 11.0. The highest BCUT2D eigenvalue weighted by Gasteiger charge is 1.98. The molecular weight excluding hydrogens is 276 g/mol. The molecule has 3 heteroatoms. The van der Waals surface area contributed by atoms with E-state index in [0.29, 0.717) is 5.57 Å². The number of unbranched alkanes of at least 4 members (excludes halogenated alkanes) is 7. The third-order valence-corrected chi connectivity index (χ3v) is 3.65. The topological polar surface area (TPSA) is 46.5 Å². The number of ether oxygens (including phenoxy) is 1. The Bertz CT molecular complexity index is 437. The van der Waals surface area contributed by atoms with Crippen LogP contribution in [0.5, 0.6) is 5.75 Å². The van der Waals surface area contributed by atoms with E-state index in [1.807, 2.05) is 36.4 Å². The molecule has 0 fully saturated rings. The lowest BCUT2D eigenvalue weighted by molar-refractivity contribution is -0.132. The van der Waals surface area contributed by atoms with Crippen molar-refractivity contribution in [2.24, 2.45) is 0 Å². The third kappa shape index (κ3) is 9.22. The van der Waals surface area contributed by atoms with Gasteiger partial charge < -0.3 is 9.84 Å². The molecule has 1 rings (SSSR count). The summed E-state index contributed by atoms with van der Waals surface area (Å²) >= 11 is 0. The number of carboxylic acids is 1. The van der Waals surface area contributed by atoms with Crippen molar-refractivity contribution in [1.29, 1.82) is 0 Å². The number of aliphatic carboxylic acids is 1. The molecule has 0 atom stereocenters. The van der Waals surface area contributed by atoms with Gasteiger partial charge in [0.25, 0.3) is 0 Å². The first-order valence-corrected chi connectivity index (χ1v) is 8.28. The highest BCUT2D eigenvalue weighted by Crippen LogP contribution is 2.12. The fourth-order valence-electron chi connectivity index (χ4n) is 2.24. The zero-order chi connectivity index (χ0) is 16.0. The molecule has 1 N–H and O–H groups in total. The van der Waals surface area contributed by atoms with Crippen molar-refractivity contribution in [2.75, 3.05) is 6.61 Å². The highest BCUT2D eigenvalue weighted by molar-refractivity contribution is 5.85. The zero-order valence-corrected chi connectivity index (χ0v) is 13.6. The van der Waals surface area contributed by atoms with Gasteiger partial charge in [-0.1, -0.05) is 56.4 Å². The van der Waals surface area contributed by atoms with E-state index in [4.69, 9.17) is 9.84 Å². The molecule has 0 aromatic heterocycles. The normalized spacial score (nSPS) is 11.4. The van der Waals surface area contributed by atoms with E-state index in [9.17, 15) is 4.79 Å². The molecule has 0 amide bonds. The van der Waals surface area contributed by atoms with Gasteiger partial charge in [0.15, 0.2) is 0 Å².